The van der Waals surface area contributed by atoms with Crippen LogP contribution in [0.2, 0.25) is 0 Å². The fraction of sp³-hybridized carbons (Fsp3) is 0.700. The Morgan fingerprint density at radius 3 is 1.30 bits per heavy atom. The standard InChI is InChI=1S/C20H36N2O8/c1-17(29-27)22(18(2)30-28)14-12-10-8-6-4-3-5-7-9-11-13-21(15-19(23)24)16-20(25)26/h27-28H,1-16H2,(H,23,24)(H,25,26). The molecular formula is C20H36N2O8. The van der Waals surface area contributed by atoms with Crippen LogP contribution in [0, 0.1) is 0 Å². The Balaban J connectivity index is 3.67. The maximum atomic E-state index is 10.7. The van der Waals surface area contributed by atoms with Gasteiger partial charge in [-0.3, -0.25) is 19.4 Å². The van der Waals surface area contributed by atoms with Crippen LogP contribution in [0.25, 0.3) is 0 Å². The zero-order valence-corrected chi connectivity index (χ0v) is 17.6. The molecule has 0 aromatic rings. The summed E-state index contributed by atoms with van der Waals surface area (Å²) in [6, 6.07) is 0. The van der Waals surface area contributed by atoms with E-state index in [4.69, 9.17) is 20.7 Å². The maximum absolute atomic E-state index is 10.7. The highest BCUT2D eigenvalue weighted by Gasteiger charge is 2.14. The lowest BCUT2D eigenvalue weighted by atomic mass is 10.1. The highest BCUT2D eigenvalue weighted by atomic mass is 17.1. The van der Waals surface area contributed by atoms with Gasteiger partial charge in [-0.1, -0.05) is 51.4 Å². The second kappa shape index (κ2) is 17.5. The van der Waals surface area contributed by atoms with Crippen LogP contribution >= 0.6 is 0 Å². The van der Waals surface area contributed by atoms with Crippen LogP contribution < -0.4 is 0 Å². The molecule has 0 amide bonds. The molecule has 174 valence electrons. The number of carboxylic acids is 2. The molecule has 0 aromatic carbocycles. The molecule has 10 nitrogen and oxygen atoms in total. The van der Waals surface area contributed by atoms with E-state index in [-0.39, 0.29) is 24.9 Å². The Kier molecular flexibility index (Phi) is 16.2. The van der Waals surface area contributed by atoms with Crippen molar-refractivity contribution >= 4 is 11.9 Å². The second-order valence-corrected chi connectivity index (χ2v) is 7.16. The van der Waals surface area contributed by atoms with Gasteiger partial charge in [0, 0.05) is 6.54 Å². The summed E-state index contributed by atoms with van der Waals surface area (Å²) in [6.45, 7) is 7.44. The van der Waals surface area contributed by atoms with Gasteiger partial charge in [-0.2, -0.15) is 0 Å². The number of carbonyl (C=O) groups is 2. The van der Waals surface area contributed by atoms with Crippen LogP contribution in [0.5, 0.6) is 0 Å². The summed E-state index contributed by atoms with van der Waals surface area (Å²) in [5, 5.41) is 34.9. The first-order chi connectivity index (χ1) is 14.3. The minimum atomic E-state index is -1.01. The summed E-state index contributed by atoms with van der Waals surface area (Å²) in [4.78, 5) is 32.4. The first kappa shape index (κ1) is 27.7. The first-order valence-corrected chi connectivity index (χ1v) is 10.3. The predicted octanol–water partition coefficient (Wildman–Crippen LogP) is 3.58. The summed E-state index contributed by atoms with van der Waals surface area (Å²) < 4.78 is 0. The Morgan fingerprint density at radius 1 is 0.633 bits per heavy atom. The maximum Gasteiger partial charge on any atom is 0.317 e. The van der Waals surface area contributed by atoms with E-state index in [9.17, 15) is 9.59 Å². The van der Waals surface area contributed by atoms with E-state index in [0.717, 1.165) is 64.2 Å². The first-order valence-electron chi connectivity index (χ1n) is 10.3. The number of nitrogens with zero attached hydrogens (tertiary/aromatic N) is 2. The highest BCUT2D eigenvalue weighted by molar-refractivity contribution is 5.72. The van der Waals surface area contributed by atoms with Crippen LogP contribution in [0.1, 0.15) is 64.2 Å². The Labute approximate surface area is 177 Å². The molecule has 0 fully saturated rings. The second-order valence-electron chi connectivity index (χ2n) is 7.16. The fourth-order valence-corrected chi connectivity index (χ4v) is 3.10. The number of aliphatic carboxylic acids is 2. The Bertz CT molecular complexity index is 495. The molecule has 0 aliphatic carbocycles. The molecule has 0 spiro atoms. The lowest BCUT2D eigenvalue weighted by Gasteiger charge is -2.22. The van der Waals surface area contributed by atoms with E-state index in [1.54, 1.807) is 0 Å². The molecule has 4 N–H and O–H groups in total. The van der Waals surface area contributed by atoms with Crippen LogP contribution in [0.3, 0.4) is 0 Å². The summed E-state index contributed by atoms with van der Waals surface area (Å²) in [6.07, 6.45) is 10.1. The van der Waals surface area contributed by atoms with Gasteiger partial charge in [0.05, 0.1) is 13.1 Å². The average molecular weight is 433 g/mol. The number of unbranched alkanes of at least 4 members (excludes halogenated alkanes) is 9. The van der Waals surface area contributed by atoms with Crippen molar-refractivity contribution in [1.29, 1.82) is 0 Å². The van der Waals surface area contributed by atoms with Crippen molar-refractivity contribution in [3.05, 3.63) is 24.9 Å². The van der Waals surface area contributed by atoms with E-state index >= 15 is 0 Å². The zero-order valence-electron chi connectivity index (χ0n) is 17.6. The summed E-state index contributed by atoms with van der Waals surface area (Å²) in [5.41, 5.74) is 0. The minimum Gasteiger partial charge on any atom is -0.480 e. The monoisotopic (exact) mass is 432 g/mol. The lowest BCUT2D eigenvalue weighted by molar-refractivity contribution is -0.251. The third kappa shape index (κ3) is 14.7. The van der Waals surface area contributed by atoms with Crippen molar-refractivity contribution in [1.82, 2.24) is 9.80 Å². The van der Waals surface area contributed by atoms with Crippen LogP contribution in [-0.2, 0) is 19.4 Å². The van der Waals surface area contributed by atoms with E-state index in [2.05, 4.69) is 22.9 Å². The van der Waals surface area contributed by atoms with Gasteiger partial charge in [0.25, 0.3) is 0 Å². The molecular weight excluding hydrogens is 396 g/mol. The van der Waals surface area contributed by atoms with Crippen LogP contribution in [-0.4, -0.2) is 68.6 Å². The van der Waals surface area contributed by atoms with Gasteiger partial charge in [-0.05, 0) is 32.5 Å². The van der Waals surface area contributed by atoms with Crippen molar-refractivity contribution < 1.29 is 40.1 Å². The van der Waals surface area contributed by atoms with E-state index in [1.807, 2.05) is 0 Å². The lowest BCUT2D eigenvalue weighted by Crippen LogP contribution is -2.35. The quantitative estimate of drug-likeness (QED) is 0.0920. The van der Waals surface area contributed by atoms with Gasteiger partial charge in [0.2, 0.25) is 11.8 Å². The van der Waals surface area contributed by atoms with Crippen molar-refractivity contribution in [2.75, 3.05) is 26.2 Å². The van der Waals surface area contributed by atoms with Gasteiger partial charge >= 0.3 is 11.9 Å². The van der Waals surface area contributed by atoms with Crippen molar-refractivity contribution in [2.45, 2.75) is 64.2 Å². The van der Waals surface area contributed by atoms with Crippen molar-refractivity contribution in [2.24, 2.45) is 0 Å². The Morgan fingerprint density at radius 2 is 0.967 bits per heavy atom. The van der Waals surface area contributed by atoms with Gasteiger partial charge in [0.15, 0.2) is 0 Å². The predicted molar refractivity (Wildman–Crippen MR) is 110 cm³/mol. The number of hydrogen-bond acceptors (Lipinski definition) is 8. The SMILES string of the molecule is C=C(OO)N(CCCCCCCCCCCCN(CC(=O)O)CC(=O)O)C(=C)OO. The summed E-state index contributed by atoms with van der Waals surface area (Å²) in [7, 11) is 0. The molecule has 0 aromatic heterocycles. The van der Waals surface area contributed by atoms with Crippen LogP contribution in [0.4, 0.5) is 0 Å². The van der Waals surface area contributed by atoms with E-state index in [0.29, 0.717) is 13.1 Å². The smallest absolute Gasteiger partial charge is 0.317 e. The normalized spacial score (nSPS) is 10.6. The molecule has 0 atom stereocenters. The number of carboxylic acid groups (broad SMARTS) is 2. The van der Waals surface area contributed by atoms with Gasteiger partial charge in [0.1, 0.15) is 0 Å². The average Bonchev–Trinajstić information content (AvgIpc) is 2.69. The van der Waals surface area contributed by atoms with Gasteiger partial charge in [-0.25, -0.2) is 10.5 Å². The third-order valence-corrected chi connectivity index (χ3v) is 4.64. The fourth-order valence-electron chi connectivity index (χ4n) is 3.10. The third-order valence-electron chi connectivity index (χ3n) is 4.64. The molecule has 0 bridgehead atoms. The minimum absolute atomic E-state index is 0.0666. The van der Waals surface area contributed by atoms with E-state index < -0.39 is 11.9 Å². The van der Waals surface area contributed by atoms with Crippen molar-refractivity contribution in [3.63, 3.8) is 0 Å². The van der Waals surface area contributed by atoms with Gasteiger partial charge in [-0.15, -0.1) is 0 Å². The van der Waals surface area contributed by atoms with E-state index in [1.165, 1.54) is 9.80 Å². The van der Waals surface area contributed by atoms with Gasteiger partial charge < -0.3 is 20.0 Å². The molecule has 0 saturated carbocycles. The highest BCUT2D eigenvalue weighted by Crippen LogP contribution is 2.15. The molecule has 0 aliphatic heterocycles. The van der Waals surface area contributed by atoms with Crippen LogP contribution in [0.15, 0.2) is 24.9 Å². The molecule has 0 aliphatic rings. The molecule has 10 heteroatoms. The molecule has 0 radical (unpaired) electrons. The zero-order chi connectivity index (χ0) is 22.8. The molecule has 0 rings (SSSR count). The molecule has 0 unspecified atom stereocenters. The number of hydrogen-bond donors (Lipinski definition) is 4. The molecule has 0 saturated heterocycles. The van der Waals surface area contributed by atoms with Crippen molar-refractivity contribution in [3.8, 4) is 0 Å². The summed E-state index contributed by atoms with van der Waals surface area (Å²) in [5.74, 6) is -2.16. The topological polar surface area (TPSA) is 140 Å². The number of rotatable bonds is 21. The summed E-state index contributed by atoms with van der Waals surface area (Å²) >= 11 is 0. The Hall–Kier alpha value is -2.30. The molecule has 0 heterocycles. The largest absolute Gasteiger partial charge is 0.480 e. The molecule has 30 heavy (non-hydrogen) atoms.